The molecule has 1 unspecified atom stereocenters. The van der Waals surface area contributed by atoms with Gasteiger partial charge >= 0.3 is 0 Å². The van der Waals surface area contributed by atoms with Gasteiger partial charge in [-0.2, -0.15) is 5.10 Å². The third-order valence-corrected chi connectivity index (χ3v) is 4.05. The number of rotatable bonds is 9. The van der Waals surface area contributed by atoms with Gasteiger partial charge in [0.15, 0.2) is 0 Å². The second-order valence-corrected chi connectivity index (χ2v) is 5.77. The zero-order valence-electron chi connectivity index (χ0n) is 13.3. The Bertz CT molecular complexity index is 340. The van der Waals surface area contributed by atoms with Crippen molar-refractivity contribution < 1.29 is 0 Å². The van der Waals surface area contributed by atoms with Gasteiger partial charge < -0.3 is 5.32 Å². The quantitative estimate of drug-likeness (QED) is 0.738. The van der Waals surface area contributed by atoms with Crippen LogP contribution in [0.4, 0.5) is 0 Å². The van der Waals surface area contributed by atoms with Gasteiger partial charge in [-0.15, -0.1) is 0 Å². The highest BCUT2D eigenvalue weighted by Gasteiger charge is 2.16. The molecule has 0 bridgehead atoms. The lowest BCUT2D eigenvalue weighted by atomic mass is 9.91. The first-order valence-corrected chi connectivity index (χ1v) is 7.87. The fraction of sp³-hybridized carbons (Fsp3) is 0.812. The minimum atomic E-state index is 0.556. The van der Waals surface area contributed by atoms with E-state index in [4.69, 9.17) is 5.10 Å². The fourth-order valence-electron chi connectivity index (χ4n) is 2.49. The van der Waals surface area contributed by atoms with Gasteiger partial charge in [0.25, 0.3) is 0 Å². The number of nitrogens with one attached hydrogen (secondary N) is 1. The summed E-state index contributed by atoms with van der Waals surface area (Å²) in [5.41, 5.74) is 1.24. The second-order valence-electron chi connectivity index (χ2n) is 5.77. The van der Waals surface area contributed by atoms with Gasteiger partial charge in [0.05, 0.1) is 11.7 Å². The summed E-state index contributed by atoms with van der Waals surface area (Å²) in [6, 6.07) is 2.75. The third kappa shape index (κ3) is 4.98. The predicted molar refractivity (Wildman–Crippen MR) is 82.4 cm³/mol. The highest BCUT2D eigenvalue weighted by Crippen LogP contribution is 2.18. The molecule has 0 amide bonds. The van der Waals surface area contributed by atoms with Gasteiger partial charge in [-0.1, -0.05) is 34.6 Å². The number of nitrogens with zero attached hydrogens (tertiary/aromatic N) is 2. The van der Waals surface area contributed by atoms with Crippen molar-refractivity contribution in [1.82, 2.24) is 15.1 Å². The van der Waals surface area contributed by atoms with E-state index >= 15 is 0 Å². The standard InChI is InChI=1S/C16H31N3/c1-6-16(7-2)19-10-9-15(18-19)11-14(13(4)5)12-17-8-3/h9-10,13-14,16-17H,6-8,11-12H2,1-5H3. The summed E-state index contributed by atoms with van der Waals surface area (Å²) in [5, 5.41) is 8.24. The molecule has 3 nitrogen and oxygen atoms in total. The van der Waals surface area contributed by atoms with Crippen LogP contribution in [0.25, 0.3) is 0 Å². The maximum Gasteiger partial charge on any atom is 0.0628 e. The van der Waals surface area contributed by atoms with Gasteiger partial charge in [-0.05, 0) is 50.3 Å². The van der Waals surface area contributed by atoms with Crippen LogP contribution in [0, 0.1) is 11.8 Å². The molecule has 0 saturated carbocycles. The minimum absolute atomic E-state index is 0.556. The smallest absolute Gasteiger partial charge is 0.0628 e. The monoisotopic (exact) mass is 265 g/mol. The molecule has 0 aromatic carbocycles. The van der Waals surface area contributed by atoms with Crippen molar-refractivity contribution in [3.8, 4) is 0 Å². The molecule has 1 rings (SSSR count). The third-order valence-electron chi connectivity index (χ3n) is 4.05. The normalized spacial score (nSPS) is 13.4. The van der Waals surface area contributed by atoms with E-state index in [0.717, 1.165) is 32.4 Å². The molecule has 0 fully saturated rings. The molecule has 1 atom stereocenters. The number of aromatic nitrogens is 2. The second kappa shape index (κ2) is 8.36. The zero-order chi connectivity index (χ0) is 14.3. The molecular formula is C16H31N3. The van der Waals surface area contributed by atoms with Crippen LogP contribution in [-0.2, 0) is 6.42 Å². The van der Waals surface area contributed by atoms with E-state index in [1.54, 1.807) is 0 Å². The van der Waals surface area contributed by atoms with Gasteiger partial charge in [0, 0.05) is 6.20 Å². The van der Waals surface area contributed by atoms with Gasteiger partial charge in [-0.3, -0.25) is 4.68 Å². The Labute approximate surface area is 118 Å². The van der Waals surface area contributed by atoms with Crippen molar-refractivity contribution in [2.24, 2.45) is 11.8 Å². The van der Waals surface area contributed by atoms with Crippen molar-refractivity contribution >= 4 is 0 Å². The molecule has 3 heteroatoms. The summed E-state index contributed by atoms with van der Waals surface area (Å²) in [7, 11) is 0. The first kappa shape index (κ1) is 16.2. The maximum atomic E-state index is 4.77. The molecule has 0 aliphatic rings. The molecule has 0 saturated heterocycles. The molecule has 0 aliphatic carbocycles. The van der Waals surface area contributed by atoms with Crippen LogP contribution in [0.1, 0.15) is 59.2 Å². The molecule has 0 radical (unpaired) electrons. The van der Waals surface area contributed by atoms with Crippen LogP contribution in [0.5, 0.6) is 0 Å². The Morgan fingerprint density at radius 2 is 1.89 bits per heavy atom. The van der Waals surface area contributed by atoms with Crippen molar-refractivity contribution in [3.63, 3.8) is 0 Å². The highest BCUT2D eigenvalue weighted by atomic mass is 15.3. The Kier molecular flexibility index (Phi) is 7.14. The largest absolute Gasteiger partial charge is 0.317 e. The molecular weight excluding hydrogens is 234 g/mol. The lowest BCUT2D eigenvalue weighted by Gasteiger charge is -2.20. The van der Waals surface area contributed by atoms with Crippen LogP contribution in [0.2, 0.25) is 0 Å². The summed E-state index contributed by atoms with van der Waals surface area (Å²) in [6.45, 7) is 13.4. The molecule has 1 aromatic heterocycles. The maximum absolute atomic E-state index is 4.77. The Morgan fingerprint density at radius 3 is 2.42 bits per heavy atom. The number of hydrogen-bond donors (Lipinski definition) is 1. The van der Waals surface area contributed by atoms with E-state index in [-0.39, 0.29) is 0 Å². The molecule has 19 heavy (non-hydrogen) atoms. The van der Waals surface area contributed by atoms with E-state index in [1.165, 1.54) is 5.69 Å². The molecule has 0 aliphatic heterocycles. The Hall–Kier alpha value is -0.830. The van der Waals surface area contributed by atoms with Crippen molar-refractivity contribution in [2.75, 3.05) is 13.1 Å². The average Bonchev–Trinajstić information content (AvgIpc) is 2.84. The summed E-state index contributed by atoms with van der Waals surface area (Å²) < 4.78 is 2.15. The molecule has 1 aromatic rings. The summed E-state index contributed by atoms with van der Waals surface area (Å²) in [6.07, 6.45) is 5.54. The first-order valence-electron chi connectivity index (χ1n) is 7.87. The van der Waals surface area contributed by atoms with Crippen LogP contribution in [0.15, 0.2) is 12.3 Å². The van der Waals surface area contributed by atoms with E-state index in [1.807, 2.05) is 0 Å². The van der Waals surface area contributed by atoms with Crippen molar-refractivity contribution in [2.45, 2.75) is 59.9 Å². The topological polar surface area (TPSA) is 29.9 Å². The minimum Gasteiger partial charge on any atom is -0.317 e. The van der Waals surface area contributed by atoms with Crippen LogP contribution in [0.3, 0.4) is 0 Å². The molecule has 1 N–H and O–H groups in total. The predicted octanol–water partition coefficient (Wildman–Crippen LogP) is 3.67. The van der Waals surface area contributed by atoms with Gasteiger partial charge in [0.1, 0.15) is 0 Å². The molecule has 0 spiro atoms. The SMILES string of the molecule is CCNCC(Cc1ccn(C(CC)CC)n1)C(C)C. The molecule has 1 heterocycles. The summed E-state index contributed by atoms with van der Waals surface area (Å²) >= 11 is 0. The van der Waals surface area contributed by atoms with E-state index in [0.29, 0.717) is 17.9 Å². The van der Waals surface area contributed by atoms with E-state index < -0.39 is 0 Å². The lowest BCUT2D eigenvalue weighted by molar-refractivity contribution is 0.356. The van der Waals surface area contributed by atoms with Crippen LogP contribution in [-0.4, -0.2) is 22.9 Å². The van der Waals surface area contributed by atoms with Crippen molar-refractivity contribution in [3.05, 3.63) is 18.0 Å². The average molecular weight is 265 g/mol. The van der Waals surface area contributed by atoms with Gasteiger partial charge in [0.2, 0.25) is 0 Å². The fourth-order valence-corrected chi connectivity index (χ4v) is 2.49. The van der Waals surface area contributed by atoms with Crippen LogP contribution >= 0.6 is 0 Å². The van der Waals surface area contributed by atoms with E-state index in [9.17, 15) is 0 Å². The Morgan fingerprint density at radius 1 is 1.21 bits per heavy atom. The zero-order valence-corrected chi connectivity index (χ0v) is 13.3. The summed E-state index contributed by atoms with van der Waals surface area (Å²) in [5.74, 6) is 1.36. The lowest BCUT2D eigenvalue weighted by Crippen LogP contribution is -2.27. The summed E-state index contributed by atoms with van der Waals surface area (Å²) in [4.78, 5) is 0. The van der Waals surface area contributed by atoms with E-state index in [2.05, 4.69) is 56.9 Å². The first-order chi connectivity index (χ1) is 9.12. The van der Waals surface area contributed by atoms with Gasteiger partial charge in [-0.25, -0.2) is 0 Å². The number of hydrogen-bond acceptors (Lipinski definition) is 2. The molecule has 110 valence electrons. The van der Waals surface area contributed by atoms with Crippen molar-refractivity contribution in [1.29, 1.82) is 0 Å². The highest BCUT2D eigenvalue weighted by molar-refractivity contribution is 5.01. The van der Waals surface area contributed by atoms with Crippen LogP contribution < -0.4 is 5.32 Å². The Balaban J connectivity index is 2.64.